The third-order valence-corrected chi connectivity index (χ3v) is 3.62. The third-order valence-electron chi connectivity index (χ3n) is 3.62. The summed E-state index contributed by atoms with van der Waals surface area (Å²) in [7, 11) is 0. The molecule has 56 valence electrons. The molecule has 3 rings (SSSR count). The van der Waals surface area contributed by atoms with Crippen LogP contribution in [0.3, 0.4) is 0 Å². The van der Waals surface area contributed by atoms with Crippen molar-refractivity contribution in [3.8, 4) is 0 Å². The number of hydrogen-bond acceptors (Lipinski definition) is 0. The number of allylic oxidation sites excluding steroid dienone is 2. The van der Waals surface area contributed by atoms with E-state index in [0.717, 1.165) is 23.7 Å². The van der Waals surface area contributed by atoms with E-state index in [2.05, 4.69) is 26.0 Å². The Kier molecular flexibility index (Phi) is 1.36. The molecule has 0 spiro atoms. The molecular weight excluding hydrogens is 120 g/mol. The lowest BCUT2D eigenvalue weighted by Crippen LogP contribution is -2.33. The first-order valence-corrected chi connectivity index (χ1v) is 4.47. The maximum absolute atomic E-state index is 2.44. The lowest BCUT2D eigenvalue weighted by atomic mass is 9.64. The van der Waals surface area contributed by atoms with Crippen LogP contribution in [0.2, 0.25) is 0 Å². The molecule has 0 radical (unpaired) electrons. The van der Waals surface area contributed by atoms with Crippen LogP contribution in [0.15, 0.2) is 12.2 Å². The van der Waals surface area contributed by atoms with Crippen molar-refractivity contribution in [1.29, 1.82) is 0 Å². The van der Waals surface area contributed by atoms with Gasteiger partial charge in [0.1, 0.15) is 0 Å². The molecule has 10 heavy (non-hydrogen) atoms. The van der Waals surface area contributed by atoms with E-state index in [9.17, 15) is 0 Å². The van der Waals surface area contributed by atoms with Gasteiger partial charge < -0.3 is 0 Å². The summed E-state index contributed by atoms with van der Waals surface area (Å²) in [5.74, 6) is 3.73. The van der Waals surface area contributed by atoms with Crippen molar-refractivity contribution < 1.29 is 0 Å². The molecule has 0 aromatic carbocycles. The summed E-state index contributed by atoms with van der Waals surface area (Å²) in [5, 5.41) is 0. The van der Waals surface area contributed by atoms with Gasteiger partial charge in [0, 0.05) is 0 Å². The molecule has 0 aromatic heterocycles. The Bertz CT molecular complexity index is 139. The molecule has 1 saturated carbocycles. The molecule has 0 aromatic rings. The predicted molar refractivity (Wildman–Crippen MR) is 43.7 cm³/mol. The van der Waals surface area contributed by atoms with Crippen LogP contribution >= 0.6 is 0 Å². The summed E-state index contributed by atoms with van der Waals surface area (Å²) in [5.41, 5.74) is 0. The molecule has 0 nitrogen and oxygen atoms in total. The van der Waals surface area contributed by atoms with Crippen molar-refractivity contribution in [3.63, 3.8) is 0 Å². The summed E-state index contributed by atoms with van der Waals surface area (Å²) in [6, 6.07) is 0. The maximum atomic E-state index is 2.44. The Balaban J connectivity index is 2.25. The van der Waals surface area contributed by atoms with Gasteiger partial charge in [0.25, 0.3) is 0 Å². The largest absolute Gasteiger partial charge is 0.0849 e. The van der Waals surface area contributed by atoms with Gasteiger partial charge in [-0.05, 0) is 36.5 Å². The van der Waals surface area contributed by atoms with Gasteiger partial charge in [-0.2, -0.15) is 0 Å². The second-order valence-electron chi connectivity index (χ2n) is 4.01. The highest BCUT2D eigenvalue weighted by atomic mass is 14.4. The van der Waals surface area contributed by atoms with Gasteiger partial charge >= 0.3 is 0 Å². The average molecular weight is 136 g/mol. The summed E-state index contributed by atoms with van der Waals surface area (Å²) < 4.78 is 0. The van der Waals surface area contributed by atoms with Crippen LogP contribution in [0.25, 0.3) is 0 Å². The lowest BCUT2D eigenvalue weighted by Gasteiger charge is -2.41. The van der Waals surface area contributed by atoms with E-state index in [1.807, 2.05) is 0 Å². The molecule has 3 aliphatic rings. The first-order valence-electron chi connectivity index (χ1n) is 4.47. The molecule has 4 atom stereocenters. The Morgan fingerprint density at radius 2 is 1.30 bits per heavy atom. The van der Waals surface area contributed by atoms with Gasteiger partial charge in [0.2, 0.25) is 0 Å². The zero-order valence-corrected chi connectivity index (χ0v) is 6.88. The van der Waals surface area contributed by atoms with Crippen LogP contribution in [0.5, 0.6) is 0 Å². The van der Waals surface area contributed by atoms with Crippen molar-refractivity contribution in [1.82, 2.24) is 0 Å². The van der Waals surface area contributed by atoms with Crippen molar-refractivity contribution in [2.75, 3.05) is 0 Å². The normalized spacial score (nSPS) is 51.8. The molecule has 0 heterocycles. The van der Waals surface area contributed by atoms with Gasteiger partial charge in [-0.25, -0.2) is 0 Å². The first kappa shape index (κ1) is 6.45. The monoisotopic (exact) mass is 136 g/mol. The fraction of sp³-hybridized carbons (Fsp3) is 0.800. The van der Waals surface area contributed by atoms with Crippen LogP contribution in [-0.4, -0.2) is 0 Å². The van der Waals surface area contributed by atoms with E-state index in [0.29, 0.717) is 0 Å². The Morgan fingerprint density at radius 1 is 0.900 bits per heavy atom. The Labute approximate surface area is 63.3 Å². The van der Waals surface area contributed by atoms with Crippen LogP contribution in [0.1, 0.15) is 26.7 Å². The van der Waals surface area contributed by atoms with Crippen LogP contribution in [-0.2, 0) is 0 Å². The lowest BCUT2D eigenvalue weighted by molar-refractivity contribution is 0.152. The SMILES string of the molecule is C[C@@H]1[C@@H](C)[C@H]2C=C[C@@H]1CC2. The molecule has 2 bridgehead atoms. The zero-order chi connectivity index (χ0) is 7.14. The fourth-order valence-electron chi connectivity index (χ4n) is 2.52. The van der Waals surface area contributed by atoms with E-state index in [4.69, 9.17) is 0 Å². The minimum Gasteiger partial charge on any atom is -0.0849 e. The van der Waals surface area contributed by atoms with E-state index in [-0.39, 0.29) is 0 Å². The second kappa shape index (κ2) is 2.11. The quantitative estimate of drug-likeness (QED) is 0.449. The van der Waals surface area contributed by atoms with E-state index < -0.39 is 0 Å². The van der Waals surface area contributed by atoms with Crippen LogP contribution in [0, 0.1) is 23.7 Å². The molecule has 0 saturated heterocycles. The number of rotatable bonds is 0. The highest BCUT2D eigenvalue weighted by Crippen LogP contribution is 2.43. The third kappa shape index (κ3) is 0.744. The van der Waals surface area contributed by atoms with Gasteiger partial charge in [0.05, 0.1) is 0 Å². The van der Waals surface area contributed by atoms with Gasteiger partial charge in [-0.1, -0.05) is 26.0 Å². The van der Waals surface area contributed by atoms with Crippen LogP contribution < -0.4 is 0 Å². The molecular formula is C10H16. The molecule has 1 fully saturated rings. The highest BCUT2D eigenvalue weighted by molar-refractivity contribution is 5.07. The van der Waals surface area contributed by atoms with Gasteiger partial charge in [-0.3, -0.25) is 0 Å². The average Bonchev–Trinajstić information content (AvgIpc) is 2.00. The van der Waals surface area contributed by atoms with Gasteiger partial charge in [-0.15, -0.1) is 0 Å². The molecule has 0 amide bonds. The fourth-order valence-corrected chi connectivity index (χ4v) is 2.52. The molecule has 0 N–H and O–H groups in total. The Hall–Kier alpha value is -0.260. The van der Waals surface area contributed by atoms with Crippen molar-refractivity contribution in [3.05, 3.63) is 12.2 Å². The molecule has 0 heteroatoms. The van der Waals surface area contributed by atoms with Crippen molar-refractivity contribution in [2.45, 2.75) is 26.7 Å². The topological polar surface area (TPSA) is 0 Å². The molecule has 0 unspecified atom stereocenters. The van der Waals surface area contributed by atoms with E-state index in [1.165, 1.54) is 12.8 Å². The highest BCUT2D eigenvalue weighted by Gasteiger charge is 2.34. The first-order chi connectivity index (χ1) is 4.79. The zero-order valence-electron chi connectivity index (χ0n) is 6.88. The summed E-state index contributed by atoms with van der Waals surface area (Å²) in [4.78, 5) is 0. The minimum absolute atomic E-state index is 0.917. The molecule has 3 aliphatic carbocycles. The number of hydrogen-bond donors (Lipinski definition) is 0. The van der Waals surface area contributed by atoms with Crippen LogP contribution in [0.4, 0.5) is 0 Å². The van der Waals surface area contributed by atoms with E-state index in [1.54, 1.807) is 0 Å². The number of fused-ring (bicyclic) bond motifs is 2. The van der Waals surface area contributed by atoms with Crippen molar-refractivity contribution >= 4 is 0 Å². The predicted octanol–water partition coefficient (Wildman–Crippen LogP) is 2.85. The smallest absolute Gasteiger partial charge is 0.0205 e. The van der Waals surface area contributed by atoms with Gasteiger partial charge in [0.15, 0.2) is 0 Å². The summed E-state index contributed by atoms with van der Waals surface area (Å²) in [6.07, 6.45) is 7.79. The van der Waals surface area contributed by atoms with Crippen molar-refractivity contribution in [2.24, 2.45) is 23.7 Å². The standard InChI is InChI=1S/C10H16/c1-7-8(2)10-5-3-9(7)4-6-10/h3,5,7-10H,4,6H2,1-2H3/t7-,8-,9-,10+/m1/s1. The maximum Gasteiger partial charge on any atom is -0.0205 e. The summed E-state index contributed by atoms with van der Waals surface area (Å²) in [6.45, 7) is 4.82. The Morgan fingerprint density at radius 3 is 1.50 bits per heavy atom. The second-order valence-corrected chi connectivity index (χ2v) is 4.01. The minimum atomic E-state index is 0.917. The molecule has 0 aliphatic heterocycles. The van der Waals surface area contributed by atoms with E-state index >= 15 is 0 Å². The summed E-state index contributed by atoms with van der Waals surface area (Å²) >= 11 is 0.